The first-order chi connectivity index (χ1) is 7.58. The van der Waals surface area contributed by atoms with Crippen LogP contribution in [0.4, 0.5) is 4.79 Å². The van der Waals surface area contributed by atoms with Crippen LogP contribution in [0, 0.1) is 0 Å². The fourth-order valence-corrected chi connectivity index (χ4v) is 1.49. The number of hydrogen-bond donors (Lipinski definition) is 0. The molecule has 0 radical (unpaired) electrons. The SMILES string of the molecule is CC/C(=N/C=O)N(C)C(=O)N(C)CCCBr. The molecule has 92 valence electrons. The van der Waals surface area contributed by atoms with Crippen molar-refractivity contribution < 1.29 is 9.59 Å². The zero-order chi connectivity index (χ0) is 12.6. The van der Waals surface area contributed by atoms with E-state index < -0.39 is 0 Å². The molecule has 0 aromatic carbocycles. The van der Waals surface area contributed by atoms with Crippen molar-refractivity contribution in [1.29, 1.82) is 0 Å². The van der Waals surface area contributed by atoms with Crippen LogP contribution in [-0.4, -0.2) is 54.0 Å². The summed E-state index contributed by atoms with van der Waals surface area (Å²) < 4.78 is 0. The molecule has 0 aromatic rings. The number of amides is 3. The molecule has 0 unspecified atom stereocenters. The molecule has 0 aliphatic heterocycles. The second-order valence-electron chi connectivity index (χ2n) is 3.31. The number of carbonyl (C=O) groups excluding carboxylic acids is 2. The van der Waals surface area contributed by atoms with Crippen LogP contribution in [0.25, 0.3) is 0 Å². The van der Waals surface area contributed by atoms with Crippen LogP contribution in [0.15, 0.2) is 4.99 Å². The van der Waals surface area contributed by atoms with Crippen molar-refractivity contribution in [2.24, 2.45) is 4.99 Å². The first-order valence-corrected chi connectivity index (χ1v) is 6.25. The van der Waals surface area contributed by atoms with Crippen LogP contribution >= 0.6 is 15.9 Å². The summed E-state index contributed by atoms with van der Waals surface area (Å²) in [5, 5.41) is 0.859. The highest BCUT2D eigenvalue weighted by molar-refractivity contribution is 9.09. The second-order valence-corrected chi connectivity index (χ2v) is 4.10. The molecule has 0 aromatic heterocycles. The molecule has 0 bridgehead atoms. The molecular weight excluding hydrogens is 274 g/mol. The Bertz CT molecular complexity index is 269. The van der Waals surface area contributed by atoms with E-state index in [1.165, 1.54) is 4.90 Å². The standard InChI is InChI=1S/C10H18BrN3O2/c1-4-9(12-8-15)14(3)10(16)13(2)7-5-6-11/h8H,4-7H2,1-3H3/b12-9-. The monoisotopic (exact) mass is 291 g/mol. The Hall–Kier alpha value is -0.910. The van der Waals surface area contributed by atoms with Gasteiger partial charge in [-0.3, -0.25) is 9.69 Å². The van der Waals surface area contributed by atoms with Crippen molar-refractivity contribution in [3.05, 3.63) is 0 Å². The minimum absolute atomic E-state index is 0.150. The van der Waals surface area contributed by atoms with E-state index in [1.54, 1.807) is 19.0 Å². The molecule has 0 saturated carbocycles. The highest BCUT2D eigenvalue weighted by atomic mass is 79.9. The topological polar surface area (TPSA) is 53.0 Å². The maximum Gasteiger partial charge on any atom is 0.324 e. The van der Waals surface area contributed by atoms with E-state index in [9.17, 15) is 9.59 Å². The van der Waals surface area contributed by atoms with Gasteiger partial charge >= 0.3 is 6.03 Å². The molecule has 16 heavy (non-hydrogen) atoms. The van der Waals surface area contributed by atoms with Crippen LogP contribution in [0.5, 0.6) is 0 Å². The third-order valence-electron chi connectivity index (χ3n) is 2.15. The Morgan fingerprint density at radius 2 is 2.06 bits per heavy atom. The van der Waals surface area contributed by atoms with E-state index in [-0.39, 0.29) is 6.03 Å². The van der Waals surface area contributed by atoms with Crippen LogP contribution in [0.1, 0.15) is 19.8 Å². The molecule has 6 heteroatoms. The Morgan fingerprint density at radius 1 is 1.44 bits per heavy atom. The van der Waals surface area contributed by atoms with Gasteiger partial charge in [0.15, 0.2) is 0 Å². The number of nitrogens with zero attached hydrogens (tertiary/aromatic N) is 3. The summed E-state index contributed by atoms with van der Waals surface area (Å²) >= 11 is 3.31. The van der Waals surface area contributed by atoms with Gasteiger partial charge in [-0.25, -0.2) is 9.79 Å². The molecule has 3 amide bonds. The molecular formula is C10H18BrN3O2. The highest BCUT2D eigenvalue weighted by Crippen LogP contribution is 2.01. The lowest BCUT2D eigenvalue weighted by Crippen LogP contribution is -2.42. The fraction of sp³-hybridized carbons (Fsp3) is 0.700. The molecule has 0 aliphatic carbocycles. The largest absolute Gasteiger partial charge is 0.327 e. The quantitative estimate of drug-likeness (QED) is 0.335. The molecule has 0 N–H and O–H groups in total. The van der Waals surface area contributed by atoms with Crippen molar-refractivity contribution in [3.8, 4) is 0 Å². The van der Waals surface area contributed by atoms with Crippen LogP contribution in [-0.2, 0) is 4.79 Å². The molecule has 0 aliphatic rings. The Balaban J connectivity index is 4.46. The molecule has 0 atom stereocenters. The van der Waals surface area contributed by atoms with Crippen LogP contribution < -0.4 is 0 Å². The summed E-state index contributed by atoms with van der Waals surface area (Å²) in [6.45, 7) is 2.52. The van der Waals surface area contributed by atoms with Crippen LogP contribution in [0.3, 0.4) is 0 Å². The molecule has 0 fully saturated rings. The minimum Gasteiger partial charge on any atom is -0.327 e. The molecule has 5 nitrogen and oxygen atoms in total. The van der Waals surface area contributed by atoms with Crippen molar-refractivity contribution >= 4 is 34.2 Å². The number of hydrogen-bond acceptors (Lipinski definition) is 2. The lowest BCUT2D eigenvalue weighted by Gasteiger charge is -2.25. The van der Waals surface area contributed by atoms with Gasteiger partial charge in [0, 0.05) is 32.4 Å². The highest BCUT2D eigenvalue weighted by Gasteiger charge is 2.17. The summed E-state index contributed by atoms with van der Waals surface area (Å²) in [5.41, 5.74) is 0. The number of rotatable bonds is 5. The Kier molecular flexibility index (Phi) is 7.80. The zero-order valence-corrected chi connectivity index (χ0v) is 11.5. The Morgan fingerprint density at radius 3 is 2.50 bits per heavy atom. The first-order valence-electron chi connectivity index (χ1n) is 5.13. The van der Waals surface area contributed by atoms with Gasteiger partial charge in [0.1, 0.15) is 5.84 Å². The number of halogens is 1. The van der Waals surface area contributed by atoms with Crippen molar-refractivity contribution in [1.82, 2.24) is 9.80 Å². The average Bonchev–Trinajstić information content (AvgIpc) is 2.31. The molecule has 0 rings (SSSR count). The number of amidine groups is 1. The summed E-state index contributed by atoms with van der Waals surface area (Å²) in [6, 6.07) is -0.150. The fourth-order valence-electron chi connectivity index (χ4n) is 1.23. The third-order valence-corrected chi connectivity index (χ3v) is 2.71. The number of aliphatic imine (C=N–C) groups is 1. The van der Waals surface area contributed by atoms with E-state index in [0.717, 1.165) is 11.8 Å². The van der Waals surface area contributed by atoms with Gasteiger partial charge in [-0.1, -0.05) is 22.9 Å². The van der Waals surface area contributed by atoms with Crippen molar-refractivity contribution in [2.75, 3.05) is 26.0 Å². The van der Waals surface area contributed by atoms with Crippen LogP contribution in [0.2, 0.25) is 0 Å². The third kappa shape index (κ3) is 4.74. The van der Waals surface area contributed by atoms with E-state index in [0.29, 0.717) is 25.2 Å². The smallest absolute Gasteiger partial charge is 0.324 e. The van der Waals surface area contributed by atoms with Gasteiger partial charge in [0.25, 0.3) is 0 Å². The molecule has 0 saturated heterocycles. The van der Waals surface area contributed by atoms with Crippen molar-refractivity contribution in [2.45, 2.75) is 19.8 Å². The Labute approximate surface area is 105 Å². The van der Waals surface area contributed by atoms with Crippen molar-refractivity contribution in [3.63, 3.8) is 0 Å². The summed E-state index contributed by atoms with van der Waals surface area (Å²) in [5.74, 6) is 0.477. The predicted octanol–water partition coefficient (Wildman–Crippen LogP) is 1.72. The molecule has 0 spiro atoms. The first kappa shape index (κ1) is 15.1. The summed E-state index contributed by atoms with van der Waals surface area (Å²) in [4.78, 5) is 28.8. The normalized spacial score (nSPS) is 11.1. The lowest BCUT2D eigenvalue weighted by atomic mass is 10.4. The average molecular weight is 292 g/mol. The van der Waals surface area contributed by atoms with Gasteiger partial charge in [0.05, 0.1) is 0 Å². The summed E-state index contributed by atoms with van der Waals surface area (Å²) in [7, 11) is 3.36. The summed E-state index contributed by atoms with van der Waals surface area (Å²) in [6.07, 6.45) is 1.90. The molecule has 0 heterocycles. The predicted molar refractivity (Wildman–Crippen MR) is 68.0 cm³/mol. The second kappa shape index (κ2) is 8.27. The zero-order valence-electron chi connectivity index (χ0n) is 9.94. The van der Waals surface area contributed by atoms with E-state index in [2.05, 4.69) is 20.9 Å². The minimum atomic E-state index is -0.150. The number of carbonyl (C=O) groups is 2. The van der Waals surface area contributed by atoms with Gasteiger partial charge in [-0.05, 0) is 6.42 Å². The lowest BCUT2D eigenvalue weighted by molar-refractivity contribution is -0.106. The van der Waals surface area contributed by atoms with Gasteiger partial charge < -0.3 is 4.90 Å². The maximum absolute atomic E-state index is 11.9. The number of alkyl halides is 1. The van der Waals surface area contributed by atoms with E-state index >= 15 is 0 Å². The van der Waals surface area contributed by atoms with E-state index in [4.69, 9.17) is 0 Å². The number of urea groups is 1. The maximum atomic E-state index is 11.9. The van der Waals surface area contributed by atoms with E-state index in [1.807, 2.05) is 6.92 Å². The van der Waals surface area contributed by atoms with Gasteiger partial charge in [0.2, 0.25) is 6.41 Å². The van der Waals surface area contributed by atoms with Gasteiger partial charge in [-0.2, -0.15) is 0 Å². The van der Waals surface area contributed by atoms with Gasteiger partial charge in [-0.15, -0.1) is 0 Å².